The molecule has 1 atom stereocenters. The molecule has 106 valence electrons. The van der Waals surface area contributed by atoms with Crippen LogP contribution in [0, 0.1) is 5.82 Å². The lowest BCUT2D eigenvalue weighted by atomic mass is 9.98. The summed E-state index contributed by atoms with van der Waals surface area (Å²) in [5.74, 6) is -0.994. The molecule has 1 aromatic heterocycles. The molecule has 0 radical (unpaired) electrons. The summed E-state index contributed by atoms with van der Waals surface area (Å²) in [4.78, 5) is 3.94. The first-order chi connectivity index (χ1) is 9.38. The van der Waals surface area contributed by atoms with E-state index in [0.717, 1.165) is 12.1 Å². The number of hydrogen-bond acceptors (Lipinski definition) is 2. The second kappa shape index (κ2) is 5.58. The second-order valence-corrected chi connectivity index (χ2v) is 4.27. The third-order valence-electron chi connectivity index (χ3n) is 2.81. The van der Waals surface area contributed by atoms with Crippen LogP contribution in [0.5, 0.6) is 0 Å². The first-order valence-corrected chi connectivity index (χ1v) is 5.82. The van der Waals surface area contributed by atoms with E-state index in [0.29, 0.717) is 11.8 Å². The molecule has 1 N–H and O–H groups in total. The molecule has 0 aliphatic carbocycles. The van der Waals surface area contributed by atoms with Gasteiger partial charge in [0.2, 0.25) is 0 Å². The van der Waals surface area contributed by atoms with Gasteiger partial charge in [-0.25, -0.2) is 4.39 Å². The average Bonchev–Trinajstić information content (AvgIpc) is 2.38. The zero-order valence-corrected chi connectivity index (χ0v) is 10.2. The van der Waals surface area contributed by atoms with Gasteiger partial charge in [-0.1, -0.05) is 12.1 Å². The van der Waals surface area contributed by atoms with Gasteiger partial charge in [-0.15, -0.1) is 0 Å². The van der Waals surface area contributed by atoms with Crippen molar-refractivity contribution < 1.29 is 22.7 Å². The van der Waals surface area contributed by atoms with Crippen molar-refractivity contribution in [2.24, 2.45) is 0 Å². The quantitative estimate of drug-likeness (QED) is 0.875. The van der Waals surface area contributed by atoms with Crippen molar-refractivity contribution in [2.75, 3.05) is 0 Å². The highest BCUT2D eigenvalue weighted by molar-refractivity contribution is 5.33. The molecular formula is C14H11F4NO. The van der Waals surface area contributed by atoms with E-state index in [1.165, 1.54) is 6.20 Å². The molecule has 6 heteroatoms. The summed E-state index contributed by atoms with van der Waals surface area (Å²) >= 11 is 0. The molecule has 1 unspecified atom stereocenters. The third kappa shape index (κ3) is 3.33. The molecule has 0 fully saturated rings. The lowest BCUT2D eigenvalue weighted by Gasteiger charge is -2.17. The highest BCUT2D eigenvalue weighted by atomic mass is 19.4. The Morgan fingerprint density at radius 1 is 1.15 bits per heavy atom. The standard InChI is InChI=1S/C14H11F4NO/c15-9-4-5-11(12(7-9)14(16,17)18)13(20)8-10-3-1-2-6-19-10/h1-7,13,20H,8H2. The summed E-state index contributed by atoms with van der Waals surface area (Å²) in [5, 5.41) is 9.95. The fourth-order valence-corrected chi connectivity index (χ4v) is 1.89. The number of hydrogen-bond donors (Lipinski definition) is 1. The highest BCUT2D eigenvalue weighted by Gasteiger charge is 2.35. The Bertz CT molecular complexity index is 583. The van der Waals surface area contributed by atoms with Crippen LogP contribution in [0.1, 0.15) is 22.9 Å². The molecular weight excluding hydrogens is 274 g/mol. The molecule has 2 rings (SSSR count). The molecule has 0 saturated carbocycles. The van der Waals surface area contributed by atoms with Crippen molar-refractivity contribution >= 4 is 0 Å². The molecule has 2 aromatic rings. The van der Waals surface area contributed by atoms with Gasteiger partial charge in [-0.2, -0.15) is 13.2 Å². The average molecular weight is 285 g/mol. The van der Waals surface area contributed by atoms with Crippen LogP contribution in [0.2, 0.25) is 0 Å². The SMILES string of the molecule is OC(Cc1ccccn1)c1ccc(F)cc1C(F)(F)F. The Morgan fingerprint density at radius 3 is 2.50 bits per heavy atom. The van der Waals surface area contributed by atoms with Gasteiger partial charge in [0.05, 0.1) is 11.7 Å². The Kier molecular flexibility index (Phi) is 4.04. The summed E-state index contributed by atoms with van der Waals surface area (Å²) in [6, 6.07) is 7.16. The summed E-state index contributed by atoms with van der Waals surface area (Å²) in [5.41, 5.74) is -1.07. The lowest BCUT2D eigenvalue weighted by molar-refractivity contribution is -0.139. The molecule has 0 aliphatic heterocycles. The van der Waals surface area contributed by atoms with E-state index in [-0.39, 0.29) is 12.0 Å². The van der Waals surface area contributed by atoms with Gasteiger partial charge in [0, 0.05) is 18.3 Å². The molecule has 0 spiro atoms. The first kappa shape index (κ1) is 14.5. The number of rotatable bonds is 3. The van der Waals surface area contributed by atoms with Gasteiger partial charge in [0.15, 0.2) is 0 Å². The highest BCUT2D eigenvalue weighted by Crippen LogP contribution is 2.35. The number of aromatic nitrogens is 1. The van der Waals surface area contributed by atoms with Crippen molar-refractivity contribution in [3.8, 4) is 0 Å². The smallest absolute Gasteiger partial charge is 0.388 e. The number of benzene rings is 1. The predicted molar refractivity (Wildman–Crippen MR) is 64.3 cm³/mol. The molecule has 0 aliphatic rings. The summed E-state index contributed by atoms with van der Waals surface area (Å²) in [6.07, 6.45) is -4.71. The first-order valence-electron chi connectivity index (χ1n) is 5.82. The molecule has 0 saturated heterocycles. The van der Waals surface area contributed by atoms with Gasteiger partial charge in [-0.05, 0) is 29.8 Å². The Labute approximate surface area is 112 Å². The van der Waals surface area contributed by atoms with Crippen LogP contribution in [0.25, 0.3) is 0 Å². The Hall–Kier alpha value is -1.95. The maximum atomic E-state index is 13.0. The van der Waals surface area contributed by atoms with Gasteiger partial charge >= 0.3 is 6.18 Å². The van der Waals surface area contributed by atoms with Crippen molar-refractivity contribution in [2.45, 2.75) is 18.7 Å². The minimum absolute atomic E-state index is 0.0739. The number of halogens is 4. The van der Waals surface area contributed by atoms with Crippen molar-refractivity contribution in [3.05, 3.63) is 65.2 Å². The van der Waals surface area contributed by atoms with Crippen molar-refractivity contribution in [3.63, 3.8) is 0 Å². The monoisotopic (exact) mass is 285 g/mol. The maximum absolute atomic E-state index is 13.0. The number of nitrogens with zero attached hydrogens (tertiary/aromatic N) is 1. The molecule has 1 aromatic carbocycles. The topological polar surface area (TPSA) is 33.1 Å². The van der Waals surface area contributed by atoms with Crippen LogP contribution >= 0.6 is 0 Å². The van der Waals surface area contributed by atoms with Gasteiger partial charge < -0.3 is 5.11 Å². The van der Waals surface area contributed by atoms with Gasteiger partial charge in [0.1, 0.15) is 5.82 Å². The maximum Gasteiger partial charge on any atom is 0.416 e. The molecule has 0 amide bonds. The Balaban J connectivity index is 2.32. The molecule has 1 heterocycles. The predicted octanol–water partition coefficient (Wildman–Crippen LogP) is 3.52. The van der Waals surface area contributed by atoms with E-state index < -0.39 is 23.7 Å². The van der Waals surface area contributed by atoms with E-state index in [4.69, 9.17) is 0 Å². The zero-order valence-electron chi connectivity index (χ0n) is 10.2. The van der Waals surface area contributed by atoms with E-state index in [2.05, 4.69) is 4.98 Å². The van der Waals surface area contributed by atoms with E-state index in [1.807, 2.05) is 0 Å². The number of aliphatic hydroxyl groups excluding tert-OH is 1. The van der Waals surface area contributed by atoms with Crippen LogP contribution in [-0.4, -0.2) is 10.1 Å². The van der Waals surface area contributed by atoms with Crippen LogP contribution in [0.4, 0.5) is 17.6 Å². The minimum Gasteiger partial charge on any atom is -0.388 e. The van der Waals surface area contributed by atoms with Crippen molar-refractivity contribution in [1.82, 2.24) is 4.98 Å². The van der Waals surface area contributed by atoms with E-state index >= 15 is 0 Å². The van der Waals surface area contributed by atoms with Gasteiger partial charge in [-0.3, -0.25) is 4.98 Å². The van der Waals surface area contributed by atoms with Crippen LogP contribution < -0.4 is 0 Å². The summed E-state index contributed by atoms with van der Waals surface area (Å²) in [6.45, 7) is 0. The third-order valence-corrected chi connectivity index (χ3v) is 2.81. The van der Waals surface area contributed by atoms with Crippen molar-refractivity contribution in [1.29, 1.82) is 0 Å². The second-order valence-electron chi connectivity index (χ2n) is 4.27. The summed E-state index contributed by atoms with van der Waals surface area (Å²) in [7, 11) is 0. The zero-order chi connectivity index (χ0) is 14.8. The van der Waals surface area contributed by atoms with E-state index in [1.54, 1.807) is 18.2 Å². The normalized spacial score (nSPS) is 13.2. The number of pyridine rings is 1. The van der Waals surface area contributed by atoms with Crippen LogP contribution in [0.15, 0.2) is 42.6 Å². The Morgan fingerprint density at radius 2 is 1.90 bits per heavy atom. The fourth-order valence-electron chi connectivity index (χ4n) is 1.89. The van der Waals surface area contributed by atoms with E-state index in [9.17, 15) is 22.7 Å². The fraction of sp³-hybridized carbons (Fsp3) is 0.214. The number of aliphatic hydroxyl groups is 1. The summed E-state index contributed by atoms with van der Waals surface area (Å²) < 4.78 is 51.5. The number of alkyl halides is 3. The molecule has 2 nitrogen and oxygen atoms in total. The minimum atomic E-state index is -4.72. The lowest BCUT2D eigenvalue weighted by Crippen LogP contribution is -2.14. The molecule has 0 bridgehead atoms. The largest absolute Gasteiger partial charge is 0.416 e. The van der Waals surface area contributed by atoms with Crippen LogP contribution in [0.3, 0.4) is 0 Å². The van der Waals surface area contributed by atoms with Gasteiger partial charge in [0.25, 0.3) is 0 Å². The molecule has 20 heavy (non-hydrogen) atoms. The van der Waals surface area contributed by atoms with Crippen LogP contribution in [-0.2, 0) is 12.6 Å².